The van der Waals surface area contributed by atoms with E-state index in [0.29, 0.717) is 18.7 Å². The molecule has 6 heteroatoms. The van der Waals surface area contributed by atoms with Crippen molar-refractivity contribution in [3.05, 3.63) is 46.9 Å². The minimum atomic E-state index is -0.591. The number of ketones is 1. The van der Waals surface area contributed by atoms with E-state index in [-0.39, 0.29) is 17.7 Å². The number of carbonyl (C=O) groups is 2. The zero-order valence-electron chi connectivity index (χ0n) is 13.6. The molecule has 24 heavy (non-hydrogen) atoms. The van der Waals surface area contributed by atoms with Crippen molar-refractivity contribution in [3.63, 3.8) is 0 Å². The summed E-state index contributed by atoms with van der Waals surface area (Å²) >= 11 is 1.45. The van der Waals surface area contributed by atoms with E-state index >= 15 is 0 Å². The second-order valence-electron chi connectivity index (χ2n) is 5.88. The second kappa shape index (κ2) is 7.57. The first kappa shape index (κ1) is 16.6. The molecule has 0 bridgehead atoms. The van der Waals surface area contributed by atoms with E-state index in [1.807, 2.05) is 17.5 Å². The number of pyridine rings is 1. The third-order valence-electron chi connectivity index (χ3n) is 4.17. The number of thiophene rings is 1. The lowest BCUT2D eigenvalue weighted by atomic mass is 10.1. The van der Waals surface area contributed by atoms with Gasteiger partial charge in [-0.15, -0.1) is 11.3 Å². The minimum Gasteiger partial charge on any atom is -0.479 e. The maximum Gasteiger partial charge on any atom is 0.263 e. The summed E-state index contributed by atoms with van der Waals surface area (Å²) in [5.74, 6) is 0.611. The fourth-order valence-corrected chi connectivity index (χ4v) is 3.67. The summed E-state index contributed by atoms with van der Waals surface area (Å²) in [6.07, 6.45) is 4.83. The number of carbonyl (C=O) groups excluding carboxylic acids is 2. The van der Waals surface area contributed by atoms with Crippen LogP contribution in [-0.2, 0) is 4.79 Å². The molecule has 1 fully saturated rings. The smallest absolute Gasteiger partial charge is 0.263 e. The maximum absolute atomic E-state index is 12.7. The number of nitrogens with zero attached hydrogens (tertiary/aromatic N) is 2. The van der Waals surface area contributed by atoms with Gasteiger partial charge in [0.1, 0.15) is 5.75 Å². The summed E-state index contributed by atoms with van der Waals surface area (Å²) in [7, 11) is 0. The Bertz CT molecular complexity index is 688. The number of rotatable bonds is 6. The van der Waals surface area contributed by atoms with Crippen molar-refractivity contribution in [1.82, 2.24) is 9.88 Å². The number of amides is 1. The third kappa shape index (κ3) is 3.82. The second-order valence-corrected chi connectivity index (χ2v) is 6.83. The fraction of sp³-hybridized carbons (Fsp3) is 0.389. The van der Waals surface area contributed by atoms with Gasteiger partial charge in [-0.05, 0) is 43.3 Å². The predicted octanol–water partition coefficient (Wildman–Crippen LogP) is 3.17. The van der Waals surface area contributed by atoms with Crippen LogP contribution in [0.3, 0.4) is 0 Å². The highest BCUT2D eigenvalue weighted by Gasteiger charge is 2.33. The van der Waals surface area contributed by atoms with Gasteiger partial charge in [0.2, 0.25) is 0 Å². The number of hydrogen-bond donors (Lipinski definition) is 0. The highest BCUT2D eigenvalue weighted by atomic mass is 32.1. The topological polar surface area (TPSA) is 59.5 Å². The molecule has 0 aromatic carbocycles. The Morgan fingerprint density at radius 3 is 3.00 bits per heavy atom. The SMILES string of the molecule is C[C@H](Oc1cccnc1)C(=O)N1CCC[C@@H]1CC(=O)c1cccs1. The highest BCUT2D eigenvalue weighted by molar-refractivity contribution is 7.12. The lowest BCUT2D eigenvalue weighted by molar-refractivity contribution is -0.138. The number of likely N-dealkylation sites (tertiary alicyclic amines) is 1. The van der Waals surface area contributed by atoms with Crippen LogP contribution in [0.2, 0.25) is 0 Å². The average Bonchev–Trinajstić information content (AvgIpc) is 3.26. The first-order chi connectivity index (χ1) is 11.6. The van der Waals surface area contributed by atoms with Crippen LogP contribution in [0.15, 0.2) is 42.0 Å². The molecule has 3 heterocycles. The Balaban J connectivity index is 1.61. The van der Waals surface area contributed by atoms with Crippen LogP contribution in [0.25, 0.3) is 0 Å². The molecule has 0 spiro atoms. The standard InChI is InChI=1S/C18H20N2O3S/c1-13(23-15-6-2-8-19-12-15)18(22)20-9-3-5-14(20)11-16(21)17-7-4-10-24-17/h2,4,6-8,10,12-14H,3,5,9,11H2,1H3/t13-,14+/m0/s1. The van der Waals surface area contributed by atoms with Gasteiger partial charge in [-0.3, -0.25) is 14.6 Å². The normalized spacial score (nSPS) is 18.4. The predicted molar refractivity (Wildman–Crippen MR) is 92.3 cm³/mol. The fourth-order valence-electron chi connectivity index (χ4n) is 2.99. The van der Waals surface area contributed by atoms with Crippen molar-refractivity contribution in [1.29, 1.82) is 0 Å². The van der Waals surface area contributed by atoms with Crippen molar-refractivity contribution in [3.8, 4) is 5.75 Å². The van der Waals surface area contributed by atoms with Gasteiger partial charge < -0.3 is 9.64 Å². The molecule has 0 N–H and O–H groups in total. The van der Waals surface area contributed by atoms with Crippen LogP contribution in [0.1, 0.15) is 35.9 Å². The number of hydrogen-bond acceptors (Lipinski definition) is 5. The summed E-state index contributed by atoms with van der Waals surface area (Å²) in [4.78, 5) is 31.6. The van der Waals surface area contributed by atoms with Gasteiger partial charge in [0, 0.05) is 25.2 Å². The molecule has 2 aromatic rings. The van der Waals surface area contributed by atoms with Crippen LogP contribution < -0.4 is 4.74 Å². The van der Waals surface area contributed by atoms with E-state index in [9.17, 15) is 9.59 Å². The molecule has 0 radical (unpaired) electrons. The van der Waals surface area contributed by atoms with Crippen LogP contribution in [0, 0.1) is 0 Å². The largest absolute Gasteiger partial charge is 0.479 e. The summed E-state index contributed by atoms with van der Waals surface area (Å²) in [6.45, 7) is 2.42. The van der Waals surface area contributed by atoms with Crippen LogP contribution in [0.5, 0.6) is 5.75 Å². The third-order valence-corrected chi connectivity index (χ3v) is 5.08. The van der Waals surface area contributed by atoms with E-state index in [2.05, 4.69) is 4.98 Å². The molecule has 126 valence electrons. The first-order valence-corrected chi connectivity index (χ1v) is 8.97. The van der Waals surface area contributed by atoms with Crippen LogP contribution in [-0.4, -0.2) is 40.3 Å². The molecule has 1 saturated heterocycles. The van der Waals surface area contributed by atoms with Crippen molar-refractivity contribution in [2.75, 3.05) is 6.54 Å². The Labute approximate surface area is 145 Å². The lowest BCUT2D eigenvalue weighted by Gasteiger charge is -2.27. The van der Waals surface area contributed by atoms with E-state index in [1.165, 1.54) is 11.3 Å². The zero-order valence-corrected chi connectivity index (χ0v) is 14.4. The Morgan fingerprint density at radius 2 is 2.29 bits per heavy atom. The van der Waals surface area contributed by atoms with Crippen molar-refractivity contribution in [2.45, 2.75) is 38.3 Å². The van der Waals surface area contributed by atoms with Gasteiger partial charge in [0.05, 0.1) is 11.1 Å². The Morgan fingerprint density at radius 1 is 1.42 bits per heavy atom. The molecular weight excluding hydrogens is 324 g/mol. The van der Waals surface area contributed by atoms with Gasteiger partial charge in [0.25, 0.3) is 5.91 Å². The highest BCUT2D eigenvalue weighted by Crippen LogP contribution is 2.24. The molecule has 5 nitrogen and oxygen atoms in total. The van der Waals surface area contributed by atoms with Gasteiger partial charge in [-0.1, -0.05) is 6.07 Å². The number of ether oxygens (including phenoxy) is 1. The van der Waals surface area contributed by atoms with Crippen molar-refractivity contribution >= 4 is 23.0 Å². The van der Waals surface area contributed by atoms with Crippen molar-refractivity contribution in [2.24, 2.45) is 0 Å². The minimum absolute atomic E-state index is 0.0351. The summed E-state index contributed by atoms with van der Waals surface area (Å²) in [5, 5.41) is 1.90. The molecule has 3 rings (SSSR count). The number of aromatic nitrogens is 1. The summed E-state index contributed by atoms with van der Waals surface area (Å²) in [6, 6.07) is 7.22. The summed E-state index contributed by atoms with van der Waals surface area (Å²) < 4.78 is 5.68. The molecule has 1 aliphatic heterocycles. The van der Waals surface area contributed by atoms with Gasteiger partial charge in [0.15, 0.2) is 11.9 Å². The molecule has 1 aliphatic rings. The molecule has 2 aromatic heterocycles. The van der Waals surface area contributed by atoms with E-state index in [0.717, 1.165) is 17.7 Å². The van der Waals surface area contributed by atoms with Crippen LogP contribution >= 0.6 is 11.3 Å². The Kier molecular flexibility index (Phi) is 5.25. The van der Waals surface area contributed by atoms with Crippen molar-refractivity contribution < 1.29 is 14.3 Å². The molecule has 1 amide bonds. The molecule has 2 atom stereocenters. The van der Waals surface area contributed by atoms with E-state index in [4.69, 9.17) is 4.74 Å². The Hall–Kier alpha value is -2.21. The van der Waals surface area contributed by atoms with E-state index in [1.54, 1.807) is 36.4 Å². The summed E-state index contributed by atoms with van der Waals surface area (Å²) in [5.41, 5.74) is 0. The first-order valence-electron chi connectivity index (χ1n) is 8.09. The molecule has 0 unspecified atom stereocenters. The average molecular weight is 344 g/mol. The molecule has 0 saturated carbocycles. The molecule has 0 aliphatic carbocycles. The number of Topliss-reactive ketones (excluding diaryl/α,β-unsaturated/α-hetero) is 1. The molecular formula is C18H20N2O3S. The zero-order chi connectivity index (χ0) is 16.9. The quantitative estimate of drug-likeness (QED) is 0.755. The van der Waals surface area contributed by atoms with Crippen LogP contribution in [0.4, 0.5) is 0 Å². The lowest BCUT2D eigenvalue weighted by Crippen LogP contribution is -2.43. The van der Waals surface area contributed by atoms with Gasteiger partial charge >= 0.3 is 0 Å². The maximum atomic E-state index is 12.7. The monoisotopic (exact) mass is 344 g/mol. The van der Waals surface area contributed by atoms with Gasteiger partial charge in [-0.2, -0.15) is 0 Å². The van der Waals surface area contributed by atoms with E-state index < -0.39 is 6.10 Å². The van der Waals surface area contributed by atoms with Gasteiger partial charge in [-0.25, -0.2) is 0 Å².